The van der Waals surface area contributed by atoms with Crippen LogP contribution < -0.4 is 0 Å². The zero-order valence-corrected chi connectivity index (χ0v) is 10.7. The molecule has 0 saturated carbocycles. The van der Waals surface area contributed by atoms with Gasteiger partial charge in [0.1, 0.15) is 0 Å². The molecule has 0 spiro atoms. The van der Waals surface area contributed by atoms with E-state index in [1.54, 1.807) is 0 Å². The first-order valence-corrected chi connectivity index (χ1v) is 6.66. The fourth-order valence-corrected chi connectivity index (χ4v) is 2.70. The minimum absolute atomic E-state index is 0.132. The number of hydrogen-bond donors (Lipinski definition) is 1. The van der Waals surface area contributed by atoms with Crippen molar-refractivity contribution in [2.75, 3.05) is 13.2 Å². The predicted molar refractivity (Wildman–Crippen MR) is 69.5 cm³/mol. The van der Waals surface area contributed by atoms with Crippen molar-refractivity contribution in [2.24, 2.45) is 0 Å². The number of rotatable bonds is 5. The van der Waals surface area contributed by atoms with Gasteiger partial charge in [0.05, 0.1) is 6.10 Å². The van der Waals surface area contributed by atoms with E-state index < -0.39 is 0 Å². The molecule has 2 unspecified atom stereocenters. The van der Waals surface area contributed by atoms with Crippen molar-refractivity contribution in [1.82, 2.24) is 0 Å². The lowest BCUT2D eigenvalue weighted by Crippen LogP contribution is -2.11. The van der Waals surface area contributed by atoms with E-state index in [9.17, 15) is 5.11 Å². The van der Waals surface area contributed by atoms with E-state index in [-0.39, 0.29) is 12.5 Å². The summed E-state index contributed by atoms with van der Waals surface area (Å²) in [6.07, 6.45) is 4.65. The average molecular weight is 255 g/mol. The van der Waals surface area contributed by atoms with Gasteiger partial charge in [0, 0.05) is 24.2 Å². The number of aliphatic hydroxyl groups excluding tert-OH is 1. The van der Waals surface area contributed by atoms with Crippen LogP contribution in [0.25, 0.3) is 0 Å². The maximum atomic E-state index is 9.48. The molecule has 1 aromatic carbocycles. The number of hydrogen-bond acceptors (Lipinski definition) is 2. The summed E-state index contributed by atoms with van der Waals surface area (Å²) in [5, 5.41) is 10.2. The fraction of sp³-hybridized carbons (Fsp3) is 0.571. The molecule has 1 fully saturated rings. The normalized spacial score (nSPS) is 21.6. The first-order valence-electron chi connectivity index (χ1n) is 6.28. The lowest BCUT2D eigenvalue weighted by molar-refractivity contribution is 0.0981. The lowest BCUT2D eigenvalue weighted by Gasteiger charge is -2.18. The minimum atomic E-state index is 0.132. The second-order valence-corrected chi connectivity index (χ2v) is 5.02. The Morgan fingerprint density at radius 1 is 1.41 bits per heavy atom. The van der Waals surface area contributed by atoms with Crippen molar-refractivity contribution in [3.05, 3.63) is 34.9 Å². The van der Waals surface area contributed by atoms with Crippen molar-refractivity contribution in [3.8, 4) is 0 Å². The third-order valence-electron chi connectivity index (χ3n) is 3.43. The Morgan fingerprint density at radius 3 is 2.88 bits per heavy atom. The van der Waals surface area contributed by atoms with Crippen LogP contribution in [-0.2, 0) is 4.74 Å². The summed E-state index contributed by atoms with van der Waals surface area (Å²) in [4.78, 5) is 0. The van der Waals surface area contributed by atoms with Crippen LogP contribution in [0.1, 0.15) is 37.2 Å². The summed E-state index contributed by atoms with van der Waals surface area (Å²) in [6, 6.07) is 7.76. The zero-order chi connectivity index (χ0) is 12.1. The maximum absolute atomic E-state index is 9.48. The lowest BCUT2D eigenvalue weighted by atomic mass is 9.93. The van der Waals surface area contributed by atoms with E-state index in [4.69, 9.17) is 16.3 Å². The summed E-state index contributed by atoms with van der Waals surface area (Å²) >= 11 is 6.15. The Bertz CT molecular complexity index is 348. The Morgan fingerprint density at radius 2 is 2.24 bits per heavy atom. The molecule has 0 bridgehead atoms. The summed E-state index contributed by atoms with van der Waals surface area (Å²) in [5.74, 6) is 0.132. The summed E-state index contributed by atoms with van der Waals surface area (Å²) < 4.78 is 5.60. The van der Waals surface area contributed by atoms with E-state index in [2.05, 4.69) is 0 Å². The number of halogens is 1. The SMILES string of the molecule is OCC(CCC1CCCO1)c1ccccc1Cl. The number of benzene rings is 1. The second kappa shape index (κ2) is 6.39. The number of aliphatic hydroxyl groups is 1. The summed E-state index contributed by atoms with van der Waals surface area (Å²) in [5.41, 5.74) is 1.05. The average Bonchev–Trinajstić information content (AvgIpc) is 2.85. The molecule has 0 aliphatic carbocycles. The molecule has 94 valence electrons. The fourth-order valence-electron chi connectivity index (χ4n) is 2.41. The smallest absolute Gasteiger partial charge is 0.0576 e. The van der Waals surface area contributed by atoms with Gasteiger partial charge < -0.3 is 9.84 Å². The Labute approximate surface area is 108 Å². The monoisotopic (exact) mass is 254 g/mol. The van der Waals surface area contributed by atoms with Crippen LogP contribution >= 0.6 is 11.6 Å². The third-order valence-corrected chi connectivity index (χ3v) is 3.77. The highest BCUT2D eigenvalue weighted by atomic mass is 35.5. The van der Waals surface area contributed by atoms with Crippen molar-refractivity contribution in [2.45, 2.75) is 37.7 Å². The van der Waals surface area contributed by atoms with Gasteiger partial charge in [-0.05, 0) is 37.3 Å². The first-order chi connectivity index (χ1) is 8.31. The number of ether oxygens (including phenoxy) is 1. The molecule has 0 aromatic heterocycles. The van der Waals surface area contributed by atoms with Crippen LogP contribution in [0, 0.1) is 0 Å². The molecule has 1 N–H and O–H groups in total. The molecule has 17 heavy (non-hydrogen) atoms. The van der Waals surface area contributed by atoms with Gasteiger partial charge in [0.15, 0.2) is 0 Å². The van der Waals surface area contributed by atoms with Crippen LogP contribution in [0.3, 0.4) is 0 Å². The van der Waals surface area contributed by atoms with Gasteiger partial charge in [-0.2, -0.15) is 0 Å². The maximum Gasteiger partial charge on any atom is 0.0576 e. The molecule has 1 aliphatic rings. The third kappa shape index (κ3) is 3.44. The van der Waals surface area contributed by atoms with E-state index in [0.717, 1.165) is 36.5 Å². The Balaban J connectivity index is 1.94. The van der Waals surface area contributed by atoms with E-state index in [1.807, 2.05) is 24.3 Å². The molecule has 1 saturated heterocycles. The van der Waals surface area contributed by atoms with Gasteiger partial charge in [-0.15, -0.1) is 0 Å². The van der Waals surface area contributed by atoms with Crippen LogP contribution in [0.5, 0.6) is 0 Å². The van der Waals surface area contributed by atoms with Crippen LogP contribution in [0.2, 0.25) is 5.02 Å². The molecule has 2 nitrogen and oxygen atoms in total. The van der Waals surface area contributed by atoms with Crippen molar-refractivity contribution in [3.63, 3.8) is 0 Å². The van der Waals surface area contributed by atoms with Gasteiger partial charge in [-0.25, -0.2) is 0 Å². The molecule has 3 heteroatoms. The molecule has 1 heterocycles. The van der Waals surface area contributed by atoms with Crippen LogP contribution in [-0.4, -0.2) is 24.4 Å². The van der Waals surface area contributed by atoms with Gasteiger partial charge in [0.25, 0.3) is 0 Å². The molecule has 0 radical (unpaired) electrons. The zero-order valence-electron chi connectivity index (χ0n) is 9.94. The molecule has 2 atom stereocenters. The van der Waals surface area contributed by atoms with Crippen LogP contribution in [0.4, 0.5) is 0 Å². The van der Waals surface area contributed by atoms with Crippen molar-refractivity contribution >= 4 is 11.6 Å². The molecular weight excluding hydrogens is 236 g/mol. The summed E-state index contributed by atoms with van der Waals surface area (Å²) in [7, 11) is 0. The highest BCUT2D eigenvalue weighted by Gasteiger charge is 2.19. The standard InChI is InChI=1S/C14H19ClO2/c15-14-6-2-1-5-13(14)11(10-16)7-8-12-4-3-9-17-12/h1-2,5-6,11-12,16H,3-4,7-10H2. The predicted octanol–water partition coefficient (Wildman–Crippen LogP) is 3.38. The second-order valence-electron chi connectivity index (χ2n) is 4.61. The van der Waals surface area contributed by atoms with Gasteiger partial charge in [-0.1, -0.05) is 29.8 Å². The largest absolute Gasteiger partial charge is 0.396 e. The van der Waals surface area contributed by atoms with Gasteiger partial charge in [-0.3, -0.25) is 0 Å². The molecule has 1 aliphatic heterocycles. The van der Waals surface area contributed by atoms with Crippen molar-refractivity contribution in [1.29, 1.82) is 0 Å². The van der Waals surface area contributed by atoms with E-state index >= 15 is 0 Å². The van der Waals surface area contributed by atoms with E-state index in [0.29, 0.717) is 6.10 Å². The molecular formula is C14H19ClO2. The van der Waals surface area contributed by atoms with Crippen molar-refractivity contribution < 1.29 is 9.84 Å². The molecule has 2 rings (SSSR count). The van der Waals surface area contributed by atoms with Gasteiger partial charge in [0.2, 0.25) is 0 Å². The van der Waals surface area contributed by atoms with E-state index in [1.165, 1.54) is 6.42 Å². The van der Waals surface area contributed by atoms with Gasteiger partial charge >= 0.3 is 0 Å². The first kappa shape index (κ1) is 12.9. The Hall–Kier alpha value is -0.570. The van der Waals surface area contributed by atoms with Crippen LogP contribution in [0.15, 0.2) is 24.3 Å². The Kier molecular flexibility index (Phi) is 4.84. The highest BCUT2D eigenvalue weighted by molar-refractivity contribution is 6.31. The minimum Gasteiger partial charge on any atom is -0.396 e. The molecule has 1 aromatic rings. The quantitative estimate of drug-likeness (QED) is 0.873. The summed E-state index contributed by atoms with van der Waals surface area (Å²) in [6.45, 7) is 1.04. The molecule has 0 amide bonds. The highest BCUT2D eigenvalue weighted by Crippen LogP contribution is 2.29. The topological polar surface area (TPSA) is 29.5 Å².